The SMILES string of the molecule is C[C@]12CC[C@@H]3[C@@H](CCC4=CC(=O)CC[C@@]43CO)[C@@H]1CCC2OC(=O)CCc1ccccc1. The van der Waals surface area contributed by atoms with Gasteiger partial charge < -0.3 is 9.84 Å². The molecule has 6 atom stereocenters. The van der Waals surface area contributed by atoms with Crippen LogP contribution < -0.4 is 0 Å². The highest BCUT2D eigenvalue weighted by Crippen LogP contribution is 2.65. The van der Waals surface area contributed by atoms with Gasteiger partial charge in [-0.2, -0.15) is 0 Å². The van der Waals surface area contributed by atoms with Crippen LogP contribution in [0.1, 0.15) is 70.3 Å². The van der Waals surface area contributed by atoms with Crippen LogP contribution in [0.2, 0.25) is 0 Å². The predicted octanol–water partition coefficient (Wildman–Crippen LogP) is 5.04. The van der Waals surface area contributed by atoms with E-state index in [1.54, 1.807) is 0 Å². The Balaban J connectivity index is 1.28. The lowest BCUT2D eigenvalue weighted by atomic mass is 9.47. The lowest BCUT2D eigenvalue weighted by Crippen LogP contribution is -2.53. The first-order valence-electron chi connectivity index (χ1n) is 12.5. The van der Waals surface area contributed by atoms with E-state index in [4.69, 9.17) is 4.74 Å². The molecule has 0 aliphatic heterocycles. The molecule has 1 unspecified atom stereocenters. The van der Waals surface area contributed by atoms with Crippen molar-refractivity contribution in [3.63, 3.8) is 0 Å². The van der Waals surface area contributed by atoms with Gasteiger partial charge in [-0.05, 0) is 80.8 Å². The van der Waals surface area contributed by atoms with E-state index < -0.39 is 0 Å². The predicted molar refractivity (Wildman–Crippen MR) is 123 cm³/mol. The maximum absolute atomic E-state index is 12.7. The molecule has 4 aliphatic rings. The van der Waals surface area contributed by atoms with E-state index in [1.165, 1.54) is 11.1 Å². The van der Waals surface area contributed by atoms with Crippen LogP contribution in [0.15, 0.2) is 42.0 Å². The minimum Gasteiger partial charge on any atom is -0.462 e. The van der Waals surface area contributed by atoms with E-state index in [1.807, 2.05) is 24.3 Å². The van der Waals surface area contributed by atoms with Gasteiger partial charge in [-0.1, -0.05) is 42.8 Å². The van der Waals surface area contributed by atoms with Crippen molar-refractivity contribution >= 4 is 11.8 Å². The van der Waals surface area contributed by atoms with Gasteiger partial charge in [-0.3, -0.25) is 9.59 Å². The highest BCUT2D eigenvalue weighted by Gasteiger charge is 2.60. The second-order valence-corrected chi connectivity index (χ2v) is 11.0. The lowest BCUT2D eigenvalue weighted by Gasteiger charge is -2.58. The third-order valence-corrected chi connectivity index (χ3v) is 9.62. The molecule has 4 nitrogen and oxygen atoms in total. The number of hydrogen-bond donors (Lipinski definition) is 1. The van der Waals surface area contributed by atoms with Gasteiger partial charge in [0.1, 0.15) is 6.10 Å². The third-order valence-electron chi connectivity index (χ3n) is 9.62. The summed E-state index contributed by atoms with van der Waals surface area (Å²) in [6, 6.07) is 10.1. The summed E-state index contributed by atoms with van der Waals surface area (Å²) >= 11 is 0. The number of aliphatic hydroxyl groups is 1. The van der Waals surface area contributed by atoms with Gasteiger partial charge in [-0.15, -0.1) is 0 Å². The van der Waals surface area contributed by atoms with Crippen molar-refractivity contribution in [2.24, 2.45) is 28.6 Å². The van der Waals surface area contributed by atoms with Gasteiger partial charge in [0.25, 0.3) is 0 Å². The Bertz CT molecular complexity index is 905. The quantitative estimate of drug-likeness (QED) is 0.657. The molecule has 0 heterocycles. The Morgan fingerprint density at radius 2 is 1.88 bits per heavy atom. The van der Waals surface area contributed by atoms with E-state index in [0.717, 1.165) is 51.4 Å². The number of esters is 1. The van der Waals surface area contributed by atoms with Crippen LogP contribution in [0.3, 0.4) is 0 Å². The minimum atomic E-state index is -0.192. The summed E-state index contributed by atoms with van der Waals surface area (Å²) in [6.45, 7) is 2.51. The summed E-state index contributed by atoms with van der Waals surface area (Å²) in [5.41, 5.74) is 2.23. The molecule has 0 aromatic heterocycles. The normalized spacial score (nSPS) is 38.3. The largest absolute Gasteiger partial charge is 0.462 e. The Morgan fingerprint density at radius 1 is 1.06 bits per heavy atom. The standard InChI is InChI=1S/C28H36O4/c1-27-15-14-24-22(9-8-20-17-21(30)13-16-28(20,24)18-29)23(27)10-11-25(27)32-26(31)12-7-19-5-3-2-4-6-19/h2-6,17,22-25,29H,7-16,18H2,1H3/t22-,23-,24+,25?,27-,28+/m0/s1. The van der Waals surface area contributed by atoms with Crippen LogP contribution in [0, 0.1) is 28.6 Å². The molecule has 0 amide bonds. The molecule has 32 heavy (non-hydrogen) atoms. The molecule has 5 rings (SSSR count). The van der Waals surface area contributed by atoms with E-state index in [9.17, 15) is 14.7 Å². The summed E-state index contributed by atoms with van der Waals surface area (Å²) < 4.78 is 6.11. The highest BCUT2D eigenvalue weighted by molar-refractivity contribution is 5.91. The van der Waals surface area contributed by atoms with Crippen LogP contribution in [-0.2, 0) is 20.7 Å². The van der Waals surface area contributed by atoms with Crippen molar-refractivity contribution in [1.29, 1.82) is 0 Å². The molecular weight excluding hydrogens is 400 g/mol. The summed E-state index contributed by atoms with van der Waals surface area (Å²) in [5, 5.41) is 10.5. The molecule has 3 saturated carbocycles. The van der Waals surface area contributed by atoms with Crippen LogP contribution in [0.25, 0.3) is 0 Å². The Hall–Kier alpha value is -1.94. The average Bonchev–Trinajstić information content (AvgIpc) is 3.14. The molecule has 1 aromatic rings. The molecule has 3 fully saturated rings. The van der Waals surface area contributed by atoms with Gasteiger partial charge in [0.2, 0.25) is 0 Å². The fraction of sp³-hybridized carbons (Fsp3) is 0.643. The zero-order valence-corrected chi connectivity index (χ0v) is 19.2. The molecule has 0 bridgehead atoms. The van der Waals surface area contributed by atoms with Crippen molar-refractivity contribution in [1.82, 2.24) is 0 Å². The maximum atomic E-state index is 12.7. The van der Waals surface area contributed by atoms with Crippen LogP contribution in [-0.4, -0.2) is 29.6 Å². The van der Waals surface area contributed by atoms with E-state index in [-0.39, 0.29) is 35.3 Å². The van der Waals surface area contributed by atoms with Gasteiger partial charge in [0.05, 0.1) is 6.61 Å². The van der Waals surface area contributed by atoms with Crippen molar-refractivity contribution in [2.45, 2.75) is 77.2 Å². The molecule has 0 spiro atoms. The summed E-state index contributed by atoms with van der Waals surface area (Å²) in [6.07, 6.45) is 10.6. The lowest BCUT2D eigenvalue weighted by molar-refractivity contribution is -0.160. The first kappa shape index (κ1) is 21.9. The summed E-state index contributed by atoms with van der Waals surface area (Å²) in [4.78, 5) is 24.7. The summed E-state index contributed by atoms with van der Waals surface area (Å²) in [5.74, 6) is 1.70. The summed E-state index contributed by atoms with van der Waals surface area (Å²) in [7, 11) is 0. The number of ether oxygens (including phenoxy) is 1. The minimum absolute atomic E-state index is 0.00618. The topological polar surface area (TPSA) is 63.6 Å². The first-order chi connectivity index (χ1) is 15.5. The third kappa shape index (κ3) is 3.55. The van der Waals surface area contributed by atoms with Crippen molar-refractivity contribution in [3.8, 4) is 0 Å². The average molecular weight is 437 g/mol. The second-order valence-electron chi connectivity index (χ2n) is 11.0. The number of aliphatic hydroxyl groups excluding tert-OH is 1. The Morgan fingerprint density at radius 3 is 2.66 bits per heavy atom. The van der Waals surface area contributed by atoms with Gasteiger partial charge in [0.15, 0.2) is 5.78 Å². The molecule has 0 saturated heterocycles. The van der Waals surface area contributed by atoms with Crippen molar-refractivity contribution in [2.75, 3.05) is 6.61 Å². The fourth-order valence-corrected chi connectivity index (χ4v) is 7.91. The number of rotatable bonds is 5. The second kappa shape index (κ2) is 8.44. The number of hydrogen-bond acceptors (Lipinski definition) is 4. The number of carbonyl (C=O) groups excluding carboxylic acids is 2. The van der Waals surface area contributed by atoms with Crippen LogP contribution in [0.5, 0.6) is 0 Å². The highest BCUT2D eigenvalue weighted by atomic mass is 16.5. The van der Waals surface area contributed by atoms with E-state index in [2.05, 4.69) is 19.1 Å². The first-order valence-corrected chi connectivity index (χ1v) is 12.5. The van der Waals surface area contributed by atoms with Crippen molar-refractivity contribution in [3.05, 3.63) is 47.5 Å². The molecule has 172 valence electrons. The number of fused-ring (bicyclic) bond motifs is 5. The maximum Gasteiger partial charge on any atom is 0.306 e. The van der Waals surface area contributed by atoms with Gasteiger partial charge in [-0.25, -0.2) is 0 Å². The van der Waals surface area contributed by atoms with E-state index in [0.29, 0.717) is 30.6 Å². The number of carbonyl (C=O) groups is 2. The van der Waals surface area contributed by atoms with Crippen molar-refractivity contribution < 1.29 is 19.4 Å². The number of ketones is 1. The monoisotopic (exact) mass is 436 g/mol. The fourth-order valence-electron chi connectivity index (χ4n) is 7.91. The molecule has 4 heteroatoms. The Kier molecular flexibility index (Phi) is 5.77. The van der Waals surface area contributed by atoms with Crippen LogP contribution in [0.4, 0.5) is 0 Å². The van der Waals surface area contributed by atoms with Gasteiger partial charge in [0, 0.05) is 23.7 Å². The number of benzene rings is 1. The zero-order valence-electron chi connectivity index (χ0n) is 19.2. The zero-order chi connectivity index (χ0) is 22.3. The van der Waals surface area contributed by atoms with E-state index >= 15 is 0 Å². The van der Waals surface area contributed by atoms with Gasteiger partial charge >= 0.3 is 5.97 Å². The molecule has 4 aliphatic carbocycles. The molecular formula is C28H36O4. The molecule has 0 radical (unpaired) electrons. The molecule has 1 aromatic carbocycles. The van der Waals surface area contributed by atoms with Crippen LogP contribution >= 0.6 is 0 Å². The Labute approximate surface area is 191 Å². The molecule has 1 N–H and O–H groups in total. The smallest absolute Gasteiger partial charge is 0.306 e. The number of aryl methyl sites for hydroxylation is 1.